The largest absolute Gasteiger partial charge is 0.450 e. The van der Waals surface area contributed by atoms with Crippen molar-refractivity contribution >= 4 is 6.09 Å². The highest BCUT2D eigenvalue weighted by Gasteiger charge is 1.94. The molecule has 0 saturated carbocycles. The van der Waals surface area contributed by atoms with Crippen molar-refractivity contribution in [2.24, 2.45) is 0 Å². The van der Waals surface area contributed by atoms with Gasteiger partial charge in [-0.15, -0.1) is 0 Å². The number of hydrogen-bond acceptors (Lipinski definition) is 3. The maximum absolute atomic E-state index is 10.1. The number of alkyl carbamates (subject to hydrolysis) is 1. The second-order valence-electron chi connectivity index (χ2n) is 1.58. The van der Waals surface area contributed by atoms with Gasteiger partial charge in [-0.05, 0) is 6.92 Å². The molecule has 1 aliphatic heterocycles. The van der Waals surface area contributed by atoms with Crippen molar-refractivity contribution in [1.29, 1.82) is 0 Å². The van der Waals surface area contributed by atoms with Crippen LogP contribution in [0.4, 0.5) is 4.79 Å². The zero-order chi connectivity index (χ0) is 7.82. The summed E-state index contributed by atoms with van der Waals surface area (Å²) in [5, 5.41) is 2.30. The molecular formula is C6H13NO3. The molecule has 4 heteroatoms. The van der Waals surface area contributed by atoms with E-state index in [-0.39, 0.29) is 6.09 Å². The lowest BCUT2D eigenvalue weighted by atomic mass is 10.9. The Bertz CT molecular complexity index is 90.2. The fourth-order valence-electron chi connectivity index (χ4n) is 0.203. The van der Waals surface area contributed by atoms with Crippen LogP contribution >= 0.6 is 0 Å². The highest BCUT2D eigenvalue weighted by molar-refractivity contribution is 5.66. The summed E-state index contributed by atoms with van der Waals surface area (Å²) in [5.74, 6) is 0. The van der Waals surface area contributed by atoms with Gasteiger partial charge in [0, 0.05) is 7.05 Å². The van der Waals surface area contributed by atoms with E-state index in [0.717, 1.165) is 13.2 Å². The Labute approximate surface area is 60.5 Å². The van der Waals surface area contributed by atoms with Crippen molar-refractivity contribution < 1.29 is 14.3 Å². The van der Waals surface area contributed by atoms with E-state index in [1.807, 2.05) is 0 Å². The highest BCUT2D eigenvalue weighted by Crippen LogP contribution is 1.84. The van der Waals surface area contributed by atoms with E-state index in [4.69, 9.17) is 0 Å². The number of epoxide rings is 1. The summed E-state index contributed by atoms with van der Waals surface area (Å²) in [6.45, 7) is 4.19. The van der Waals surface area contributed by atoms with Gasteiger partial charge in [0.15, 0.2) is 0 Å². The van der Waals surface area contributed by atoms with Crippen LogP contribution in [0.2, 0.25) is 0 Å². The van der Waals surface area contributed by atoms with Gasteiger partial charge >= 0.3 is 6.09 Å². The van der Waals surface area contributed by atoms with Crippen LogP contribution in [0.15, 0.2) is 0 Å². The smallest absolute Gasteiger partial charge is 0.406 e. The van der Waals surface area contributed by atoms with Gasteiger partial charge in [0.25, 0.3) is 0 Å². The Kier molecular flexibility index (Phi) is 5.86. The highest BCUT2D eigenvalue weighted by atomic mass is 16.6. The first-order chi connectivity index (χ1) is 4.81. The zero-order valence-corrected chi connectivity index (χ0v) is 6.35. The third kappa shape index (κ3) is 10.3. The standard InChI is InChI=1S/C4H9NO2.C2H4O/c1-3-7-4(6)5-2;1-2-3-1/h3H2,1-2H3,(H,5,6);1-2H2. The molecule has 10 heavy (non-hydrogen) atoms. The first-order valence-corrected chi connectivity index (χ1v) is 3.23. The molecule has 1 N–H and O–H groups in total. The molecule has 0 aromatic carbocycles. The Morgan fingerprint density at radius 2 is 2.20 bits per heavy atom. The minimum atomic E-state index is -0.373. The second kappa shape index (κ2) is 6.35. The Morgan fingerprint density at radius 3 is 2.30 bits per heavy atom. The molecular weight excluding hydrogens is 134 g/mol. The van der Waals surface area contributed by atoms with E-state index in [2.05, 4.69) is 14.8 Å². The fraction of sp³-hybridized carbons (Fsp3) is 0.833. The molecule has 0 aliphatic carbocycles. The number of rotatable bonds is 1. The molecule has 0 spiro atoms. The minimum absolute atomic E-state index is 0.373. The van der Waals surface area contributed by atoms with Crippen molar-refractivity contribution in [2.75, 3.05) is 26.9 Å². The quantitative estimate of drug-likeness (QED) is 0.545. The van der Waals surface area contributed by atoms with Crippen molar-refractivity contribution in [3.8, 4) is 0 Å². The van der Waals surface area contributed by atoms with E-state index in [9.17, 15) is 4.79 Å². The Hall–Kier alpha value is -0.770. The van der Waals surface area contributed by atoms with Crippen LogP contribution in [-0.2, 0) is 9.47 Å². The molecule has 4 nitrogen and oxygen atoms in total. The molecule has 1 fully saturated rings. The van der Waals surface area contributed by atoms with Crippen LogP contribution < -0.4 is 5.32 Å². The number of hydrogen-bond donors (Lipinski definition) is 1. The molecule has 0 radical (unpaired) electrons. The molecule has 1 aliphatic rings. The maximum atomic E-state index is 10.1. The molecule has 0 atom stereocenters. The lowest BCUT2D eigenvalue weighted by Gasteiger charge is -1.95. The number of carbonyl (C=O) groups is 1. The van der Waals surface area contributed by atoms with Crippen LogP contribution in [0.1, 0.15) is 6.92 Å². The van der Waals surface area contributed by atoms with Crippen LogP contribution in [0.3, 0.4) is 0 Å². The van der Waals surface area contributed by atoms with Crippen LogP contribution in [0, 0.1) is 0 Å². The van der Waals surface area contributed by atoms with Gasteiger partial charge in [-0.3, -0.25) is 0 Å². The van der Waals surface area contributed by atoms with Gasteiger partial charge in [-0.1, -0.05) is 0 Å². The Balaban J connectivity index is 0.000000219. The normalized spacial score (nSPS) is 12.6. The topological polar surface area (TPSA) is 50.9 Å². The number of amides is 1. The van der Waals surface area contributed by atoms with Crippen molar-refractivity contribution in [3.05, 3.63) is 0 Å². The van der Waals surface area contributed by atoms with E-state index < -0.39 is 0 Å². The third-order valence-corrected chi connectivity index (χ3v) is 0.684. The molecule has 1 heterocycles. The van der Waals surface area contributed by atoms with Gasteiger partial charge in [-0.25, -0.2) is 4.79 Å². The van der Waals surface area contributed by atoms with Crippen molar-refractivity contribution in [2.45, 2.75) is 6.92 Å². The summed E-state index contributed by atoms with van der Waals surface area (Å²) in [7, 11) is 1.53. The minimum Gasteiger partial charge on any atom is -0.450 e. The summed E-state index contributed by atoms with van der Waals surface area (Å²) in [4.78, 5) is 10.1. The molecule has 0 unspecified atom stereocenters. The lowest BCUT2D eigenvalue weighted by molar-refractivity contribution is 0.154. The van der Waals surface area contributed by atoms with Crippen molar-refractivity contribution in [3.63, 3.8) is 0 Å². The molecule has 0 aromatic rings. The summed E-state index contributed by atoms with van der Waals surface area (Å²) < 4.78 is 8.94. The fourth-order valence-corrected chi connectivity index (χ4v) is 0.203. The maximum Gasteiger partial charge on any atom is 0.406 e. The monoisotopic (exact) mass is 147 g/mol. The lowest BCUT2D eigenvalue weighted by Crippen LogP contribution is -2.18. The molecule has 0 aromatic heterocycles. The van der Waals surface area contributed by atoms with Gasteiger partial charge in [-0.2, -0.15) is 0 Å². The first-order valence-electron chi connectivity index (χ1n) is 3.23. The zero-order valence-electron chi connectivity index (χ0n) is 6.35. The van der Waals surface area contributed by atoms with E-state index >= 15 is 0 Å². The van der Waals surface area contributed by atoms with E-state index in [0.29, 0.717) is 6.61 Å². The second-order valence-corrected chi connectivity index (χ2v) is 1.58. The van der Waals surface area contributed by atoms with Gasteiger partial charge in [0.2, 0.25) is 0 Å². The van der Waals surface area contributed by atoms with Crippen LogP contribution in [0.5, 0.6) is 0 Å². The average molecular weight is 147 g/mol. The number of carbonyl (C=O) groups excluding carboxylic acids is 1. The summed E-state index contributed by atoms with van der Waals surface area (Å²) in [6.07, 6.45) is -0.373. The first kappa shape index (κ1) is 9.23. The van der Waals surface area contributed by atoms with Gasteiger partial charge in [0.1, 0.15) is 0 Å². The summed E-state index contributed by atoms with van der Waals surface area (Å²) in [5.41, 5.74) is 0. The van der Waals surface area contributed by atoms with Crippen LogP contribution in [0.25, 0.3) is 0 Å². The van der Waals surface area contributed by atoms with Gasteiger partial charge < -0.3 is 14.8 Å². The Morgan fingerprint density at radius 1 is 1.70 bits per heavy atom. The molecule has 60 valence electrons. The third-order valence-electron chi connectivity index (χ3n) is 0.684. The predicted octanol–water partition coefficient (Wildman–Crippen LogP) is 0.379. The number of ether oxygens (including phenoxy) is 2. The molecule has 0 bridgehead atoms. The SMILES string of the molecule is C1CO1.CCOC(=O)NC. The molecule has 1 amide bonds. The van der Waals surface area contributed by atoms with Gasteiger partial charge in [0.05, 0.1) is 19.8 Å². The number of nitrogens with one attached hydrogen (secondary N) is 1. The average Bonchev–Trinajstić information content (AvgIpc) is 2.73. The van der Waals surface area contributed by atoms with Crippen LogP contribution in [-0.4, -0.2) is 33.0 Å². The summed E-state index contributed by atoms with van der Waals surface area (Å²) in [6, 6.07) is 0. The van der Waals surface area contributed by atoms with E-state index in [1.165, 1.54) is 7.05 Å². The summed E-state index contributed by atoms with van der Waals surface area (Å²) >= 11 is 0. The van der Waals surface area contributed by atoms with E-state index in [1.54, 1.807) is 6.92 Å². The molecule has 1 saturated heterocycles. The molecule has 1 rings (SSSR count). The predicted molar refractivity (Wildman–Crippen MR) is 36.9 cm³/mol. The van der Waals surface area contributed by atoms with Crippen molar-refractivity contribution in [1.82, 2.24) is 5.32 Å².